The van der Waals surface area contributed by atoms with Crippen LogP contribution in [0, 0.1) is 0 Å². The molecule has 43 heavy (non-hydrogen) atoms. The van der Waals surface area contributed by atoms with E-state index in [0.29, 0.717) is 0 Å². The maximum Gasteiger partial charge on any atom is 1.00 e. The predicted octanol–water partition coefficient (Wildman–Crippen LogP) is -17.5. The summed E-state index contributed by atoms with van der Waals surface area (Å²) >= 11 is 0. The fourth-order valence-corrected chi connectivity index (χ4v) is 2.06. The van der Waals surface area contributed by atoms with Gasteiger partial charge in [0.1, 0.15) is 24.2 Å². The Labute approximate surface area is 364 Å². The second-order valence-electron chi connectivity index (χ2n) is 7.63. The minimum atomic E-state index is -1.36. The van der Waals surface area contributed by atoms with Crippen molar-refractivity contribution in [1.29, 1.82) is 0 Å². The molecule has 0 aliphatic carbocycles. The van der Waals surface area contributed by atoms with Gasteiger partial charge < -0.3 is 60.0 Å². The minimum Gasteiger partial charge on any atom is -1.00 e. The van der Waals surface area contributed by atoms with Crippen LogP contribution in [0.1, 0.15) is 58.5 Å². The Morgan fingerprint density at radius 2 is 0.721 bits per heavy atom. The van der Waals surface area contributed by atoms with Gasteiger partial charge in [-0.3, -0.25) is 33.6 Å². The summed E-state index contributed by atoms with van der Waals surface area (Å²) in [5.41, 5.74) is 20.9. The van der Waals surface area contributed by atoms with Gasteiger partial charge in [0.25, 0.3) is 0 Å². The first kappa shape index (κ1) is 59.4. The quantitative estimate of drug-likeness (QED) is 0.0428. The molecule has 0 unspecified atom stereocenters. The smallest absolute Gasteiger partial charge is 1.00 e. The van der Waals surface area contributed by atoms with Crippen molar-refractivity contribution in [2.45, 2.75) is 75.5 Å². The molecule has 23 heteroatoms. The van der Waals surface area contributed by atoms with E-state index >= 15 is 0 Å². The first-order valence-corrected chi connectivity index (χ1v) is 10.9. The van der Waals surface area contributed by atoms with Crippen LogP contribution in [0.25, 0.3) is 0 Å². The Bertz CT molecular complexity index is 923. The number of hydrogen-bond acceptors (Lipinski definition) is 14. The SMILES string of the molecule is N[C@@H](CCC(=O)O)C(=O)O.N[C@@H](CCC(=O)OC(=O)CC[C@H](N)C(=O)OC(=O)CC[C@H](N)C(=O)O)C(=O)O.[H-].[H-].[H-].[H-].[H-].[Na+].[Na+].[Na+].[Na+].[Na+]. The molecule has 0 radical (unpaired) electrons. The molecule has 0 fully saturated rings. The van der Waals surface area contributed by atoms with Gasteiger partial charge in [-0.25, -0.2) is 4.79 Å². The molecule has 18 nitrogen and oxygen atoms in total. The van der Waals surface area contributed by atoms with Gasteiger partial charge in [-0.2, -0.15) is 0 Å². The molecule has 0 bridgehead atoms. The molecule has 0 aliphatic rings. The first-order chi connectivity index (χ1) is 17.5. The number of hydrogen-bond donors (Lipinski definition) is 8. The summed E-state index contributed by atoms with van der Waals surface area (Å²) in [6.07, 6.45) is -2.22. The standard InChI is InChI=1S/C15H23N3O10.C5H9NO4.5Na.5H/c16-7(13(22)23)1-4-10(19)27-11(20)6-3-9(18)15(26)28-12(21)5-2-8(17)14(24)25;6-3(5(9)10)1-2-4(7)8;;;;;;;;;;/h7-9H,1-6,16-18H2,(H,22,23)(H,24,25);3H,1-2,6H2,(H,7,8)(H,9,10);;;;;;;;;;/q;;5*+1;5*-1/t7-,8-,9-;3-;;;;;;;;;;/m00........../s1. The van der Waals surface area contributed by atoms with Gasteiger partial charge in [0.05, 0.1) is 0 Å². The van der Waals surface area contributed by atoms with Gasteiger partial charge in [0.15, 0.2) is 0 Å². The first-order valence-electron chi connectivity index (χ1n) is 10.9. The Kier molecular flexibility index (Phi) is 47.5. The maximum atomic E-state index is 11.6. The van der Waals surface area contributed by atoms with Crippen molar-refractivity contribution < 1.29 is 223 Å². The van der Waals surface area contributed by atoms with Crippen LogP contribution in [0.5, 0.6) is 0 Å². The van der Waals surface area contributed by atoms with E-state index in [1.54, 1.807) is 0 Å². The molecule has 12 N–H and O–H groups in total. The zero-order valence-electron chi connectivity index (χ0n) is 30.1. The zero-order chi connectivity index (χ0) is 30.0. The number of ether oxygens (including phenoxy) is 2. The largest absolute Gasteiger partial charge is 1.00 e. The average molecular weight is 672 g/mol. The van der Waals surface area contributed by atoms with Gasteiger partial charge in [-0.15, -0.1) is 0 Å². The van der Waals surface area contributed by atoms with E-state index in [0.717, 1.165) is 0 Å². The van der Waals surface area contributed by atoms with Crippen LogP contribution in [0.4, 0.5) is 0 Å². The van der Waals surface area contributed by atoms with Crippen molar-refractivity contribution in [3.8, 4) is 0 Å². The van der Waals surface area contributed by atoms with E-state index in [9.17, 15) is 38.4 Å². The van der Waals surface area contributed by atoms with E-state index < -0.39 is 84.8 Å². The van der Waals surface area contributed by atoms with Crippen LogP contribution in [0.3, 0.4) is 0 Å². The van der Waals surface area contributed by atoms with Crippen LogP contribution in [-0.2, 0) is 47.8 Å². The van der Waals surface area contributed by atoms with Gasteiger partial charge in [-0.05, 0) is 25.7 Å². The van der Waals surface area contributed by atoms with Crippen molar-refractivity contribution in [1.82, 2.24) is 0 Å². The number of carboxylic acids is 4. The molecule has 0 rings (SSSR count). The second-order valence-corrected chi connectivity index (χ2v) is 7.63. The van der Waals surface area contributed by atoms with Crippen LogP contribution in [-0.4, -0.2) is 92.3 Å². The van der Waals surface area contributed by atoms with Crippen LogP contribution >= 0.6 is 0 Å². The minimum absolute atomic E-state index is 0. The van der Waals surface area contributed by atoms with Crippen LogP contribution in [0.2, 0.25) is 0 Å². The van der Waals surface area contributed by atoms with Gasteiger partial charge in [0, 0.05) is 25.7 Å². The van der Waals surface area contributed by atoms with E-state index in [4.69, 9.17) is 43.4 Å². The molecule has 0 spiro atoms. The molecule has 0 saturated carbocycles. The van der Waals surface area contributed by atoms with Crippen molar-refractivity contribution in [3.05, 3.63) is 0 Å². The maximum absolute atomic E-state index is 11.6. The van der Waals surface area contributed by atoms with Crippen LogP contribution < -0.4 is 171 Å². The summed E-state index contributed by atoms with van der Waals surface area (Å²) in [6.45, 7) is 0. The molecular weight excluding hydrogens is 635 g/mol. The number of carboxylic acid groups (broad SMARTS) is 4. The predicted molar refractivity (Wildman–Crippen MR) is 127 cm³/mol. The van der Waals surface area contributed by atoms with E-state index in [1.165, 1.54) is 0 Å². The number of nitrogens with two attached hydrogens (primary N) is 4. The number of aliphatic carboxylic acids is 4. The average Bonchev–Trinajstić information content (AvgIpc) is 2.82. The molecule has 0 aromatic heterocycles. The Morgan fingerprint density at radius 1 is 0.465 bits per heavy atom. The third-order valence-corrected chi connectivity index (χ3v) is 4.34. The normalized spacial score (nSPS) is 11.8. The Hall–Kier alpha value is 1.00. The molecule has 0 heterocycles. The number of carbonyl (C=O) groups is 8. The van der Waals surface area contributed by atoms with E-state index in [2.05, 4.69) is 9.47 Å². The second kappa shape index (κ2) is 34.3. The summed E-state index contributed by atoms with van der Waals surface area (Å²) in [5, 5.41) is 33.4. The third kappa shape index (κ3) is 35.7. The number of carbonyl (C=O) groups excluding carboxylic acids is 4. The Morgan fingerprint density at radius 3 is 1.00 bits per heavy atom. The topological polar surface area (TPSA) is 340 Å². The zero-order valence-corrected chi connectivity index (χ0v) is 35.1. The monoisotopic (exact) mass is 672 g/mol. The van der Waals surface area contributed by atoms with Gasteiger partial charge >= 0.3 is 196 Å². The molecule has 0 saturated heterocycles. The summed E-state index contributed by atoms with van der Waals surface area (Å²) in [7, 11) is 0. The fourth-order valence-electron chi connectivity index (χ4n) is 2.06. The molecule has 4 atom stereocenters. The number of rotatable bonds is 16. The summed E-state index contributed by atoms with van der Waals surface area (Å²) in [6, 6.07) is -4.97. The summed E-state index contributed by atoms with van der Waals surface area (Å²) in [5.74, 6) is -8.96. The molecule has 0 amide bonds. The Balaban J connectivity index is -0.0000000571. The van der Waals surface area contributed by atoms with Crippen LogP contribution in [0.15, 0.2) is 0 Å². The molecular formula is C20H37N4Na5O14. The van der Waals surface area contributed by atoms with Crippen molar-refractivity contribution in [3.63, 3.8) is 0 Å². The van der Waals surface area contributed by atoms with Gasteiger partial charge in [0.2, 0.25) is 0 Å². The van der Waals surface area contributed by atoms with Crippen molar-refractivity contribution >= 4 is 47.8 Å². The van der Waals surface area contributed by atoms with E-state index in [1.807, 2.05) is 0 Å². The molecule has 0 aromatic carbocycles. The molecule has 0 aliphatic heterocycles. The van der Waals surface area contributed by atoms with Gasteiger partial charge in [-0.1, -0.05) is 0 Å². The fraction of sp³-hybridized carbons (Fsp3) is 0.600. The van der Waals surface area contributed by atoms with Crippen molar-refractivity contribution in [2.75, 3.05) is 0 Å². The van der Waals surface area contributed by atoms with Crippen molar-refractivity contribution in [2.24, 2.45) is 22.9 Å². The molecule has 226 valence electrons. The number of esters is 4. The molecule has 0 aromatic rings. The van der Waals surface area contributed by atoms with E-state index in [-0.39, 0.29) is 193 Å². The summed E-state index contributed by atoms with van der Waals surface area (Å²) in [4.78, 5) is 86.7. The summed E-state index contributed by atoms with van der Waals surface area (Å²) < 4.78 is 8.81. The third-order valence-electron chi connectivity index (χ3n) is 4.34.